The molecule has 0 radical (unpaired) electrons. The average molecular weight is 297 g/mol. The third-order valence-electron chi connectivity index (χ3n) is 2.70. The maximum atomic E-state index is 12.1. The molecule has 0 fully saturated rings. The first kappa shape index (κ1) is 14.5. The molecule has 0 unspecified atom stereocenters. The lowest BCUT2D eigenvalue weighted by Crippen LogP contribution is -2.28. The van der Waals surface area contributed by atoms with E-state index in [9.17, 15) is 18.0 Å². The zero-order chi connectivity index (χ0) is 14.9. The van der Waals surface area contributed by atoms with Crippen LogP contribution in [-0.2, 0) is 10.0 Å². The Morgan fingerprint density at radius 3 is 2.55 bits per heavy atom. The quantitative estimate of drug-likeness (QED) is 0.745. The predicted molar refractivity (Wildman–Crippen MR) is 75.2 cm³/mol. The lowest BCUT2D eigenvalue weighted by molar-refractivity contribution is 0.560. The third-order valence-corrected chi connectivity index (χ3v) is 4.12. The van der Waals surface area contributed by atoms with Crippen molar-refractivity contribution in [1.29, 1.82) is 0 Å². The van der Waals surface area contributed by atoms with Gasteiger partial charge in [-0.3, -0.25) is 9.78 Å². The van der Waals surface area contributed by atoms with Crippen molar-refractivity contribution in [2.75, 3.05) is 6.54 Å². The maximum Gasteiger partial charge on any atom is 0.326 e. The zero-order valence-corrected chi connectivity index (χ0v) is 11.9. The summed E-state index contributed by atoms with van der Waals surface area (Å²) in [6.45, 7) is 4.08. The molecule has 7 nitrogen and oxygen atoms in total. The van der Waals surface area contributed by atoms with Crippen LogP contribution >= 0.6 is 0 Å². The Kier molecular flexibility index (Phi) is 3.78. The van der Waals surface area contributed by atoms with Crippen LogP contribution in [0.5, 0.6) is 0 Å². The molecule has 108 valence electrons. The van der Waals surface area contributed by atoms with Gasteiger partial charge in [-0.05, 0) is 24.1 Å². The van der Waals surface area contributed by atoms with Gasteiger partial charge in [-0.2, -0.15) is 0 Å². The highest BCUT2D eigenvalue weighted by Gasteiger charge is 2.15. The number of sulfonamides is 1. The van der Waals surface area contributed by atoms with Crippen LogP contribution in [0, 0.1) is 5.92 Å². The van der Waals surface area contributed by atoms with E-state index in [4.69, 9.17) is 0 Å². The Balaban J connectivity index is 2.52. The summed E-state index contributed by atoms with van der Waals surface area (Å²) in [5.74, 6) is 0.171. The number of benzene rings is 1. The first-order chi connectivity index (χ1) is 9.29. The highest BCUT2D eigenvalue weighted by molar-refractivity contribution is 7.89. The first-order valence-electron chi connectivity index (χ1n) is 6.05. The van der Waals surface area contributed by atoms with Crippen molar-refractivity contribution >= 4 is 20.9 Å². The fraction of sp³-hybridized carbons (Fsp3) is 0.333. The molecule has 0 aliphatic heterocycles. The van der Waals surface area contributed by atoms with Crippen LogP contribution in [0.4, 0.5) is 0 Å². The summed E-state index contributed by atoms with van der Waals surface area (Å²) in [4.78, 5) is 27.3. The SMILES string of the molecule is CC(C)CNS(=O)(=O)c1ccc2[nH]c(=O)[nH]c(=O)c2c1. The molecule has 0 saturated heterocycles. The van der Waals surface area contributed by atoms with E-state index < -0.39 is 21.3 Å². The standard InChI is InChI=1S/C12H15N3O4S/c1-7(2)6-13-20(18,19)8-3-4-10-9(5-8)11(16)15-12(17)14-10/h3-5,7,13H,6H2,1-2H3,(H2,14,15,16,17). The van der Waals surface area contributed by atoms with Crippen molar-refractivity contribution in [3.8, 4) is 0 Å². The first-order valence-corrected chi connectivity index (χ1v) is 7.54. The maximum absolute atomic E-state index is 12.1. The minimum absolute atomic E-state index is 0.0109. The number of fused-ring (bicyclic) bond motifs is 1. The van der Waals surface area contributed by atoms with Gasteiger partial charge in [0.25, 0.3) is 5.56 Å². The van der Waals surface area contributed by atoms with Gasteiger partial charge >= 0.3 is 5.69 Å². The molecule has 0 spiro atoms. The minimum Gasteiger partial charge on any atom is -0.307 e. The van der Waals surface area contributed by atoms with Crippen molar-refractivity contribution in [3.05, 3.63) is 39.0 Å². The van der Waals surface area contributed by atoms with Crippen molar-refractivity contribution in [3.63, 3.8) is 0 Å². The van der Waals surface area contributed by atoms with Gasteiger partial charge in [0, 0.05) is 6.54 Å². The monoisotopic (exact) mass is 297 g/mol. The van der Waals surface area contributed by atoms with Crippen LogP contribution < -0.4 is 16.0 Å². The van der Waals surface area contributed by atoms with Crippen LogP contribution in [0.2, 0.25) is 0 Å². The van der Waals surface area contributed by atoms with Crippen LogP contribution in [-0.4, -0.2) is 24.9 Å². The van der Waals surface area contributed by atoms with E-state index in [2.05, 4.69) is 14.7 Å². The molecule has 0 saturated carbocycles. The molecule has 1 heterocycles. The molecule has 0 amide bonds. The van der Waals surface area contributed by atoms with E-state index in [1.165, 1.54) is 18.2 Å². The van der Waals surface area contributed by atoms with Crippen LogP contribution in [0.3, 0.4) is 0 Å². The Bertz CT molecular complexity index is 849. The molecule has 1 aromatic carbocycles. The third kappa shape index (κ3) is 2.97. The number of H-pyrrole nitrogens is 2. The summed E-state index contributed by atoms with van der Waals surface area (Å²) in [6, 6.07) is 3.99. The second-order valence-electron chi connectivity index (χ2n) is 4.86. The summed E-state index contributed by atoms with van der Waals surface area (Å²) < 4.78 is 26.6. The van der Waals surface area contributed by atoms with Crippen molar-refractivity contribution < 1.29 is 8.42 Å². The Morgan fingerprint density at radius 1 is 1.20 bits per heavy atom. The smallest absolute Gasteiger partial charge is 0.307 e. The van der Waals surface area contributed by atoms with Gasteiger partial charge in [0.05, 0.1) is 15.8 Å². The van der Waals surface area contributed by atoms with Gasteiger partial charge in [-0.25, -0.2) is 17.9 Å². The van der Waals surface area contributed by atoms with Gasteiger partial charge in [-0.15, -0.1) is 0 Å². The summed E-state index contributed by atoms with van der Waals surface area (Å²) in [5.41, 5.74) is -0.956. The van der Waals surface area contributed by atoms with Crippen LogP contribution in [0.1, 0.15) is 13.8 Å². The zero-order valence-electron chi connectivity index (χ0n) is 11.1. The lowest BCUT2D eigenvalue weighted by Gasteiger charge is -2.09. The second-order valence-corrected chi connectivity index (χ2v) is 6.63. The van der Waals surface area contributed by atoms with E-state index >= 15 is 0 Å². The molecule has 0 atom stereocenters. The topological polar surface area (TPSA) is 112 Å². The van der Waals surface area contributed by atoms with E-state index in [-0.39, 0.29) is 16.2 Å². The minimum atomic E-state index is -3.67. The molecular formula is C12H15N3O4S. The molecule has 3 N–H and O–H groups in total. The molecule has 2 rings (SSSR count). The molecule has 0 aliphatic carbocycles. The lowest BCUT2D eigenvalue weighted by atomic mass is 10.2. The summed E-state index contributed by atoms with van der Waals surface area (Å²) >= 11 is 0. The molecule has 1 aromatic heterocycles. The van der Waals surface area contributed by atoms with Gasteiger partial charge in [0.2, 0.25) is 10.0 Å². The largest absolute Gasteiger partial charge is 0.326 e. The van der Waals surface area contributed by atoms with Gasteiger partial charge < -0.3 is 4.98 Å². The van der Waals surface area contributed by atoms with E-state index in [1.54, 1.807) is 0 Å². The van der Waals surface area contributed by atoms with Crippen molar-refractivity contribution in [2.45, 2.75) is 18.7 Å². The Labute approximate surface area is 115 Å². The number of nitrogens with one attached hydrogen (secondary N) is 3. The van der Waals surface area contributed by atoms with Crippen molar-refractivity contribution in [2.24, 2.45) is 5.92 Å². The number of hydrogen-bond acceptors (Lipinski definition) is 4. The molecule has 0 bridgehead atoms. The molecule has 8 heteroatoms. The van der Waals surface area contributed by atoms with E-state index in [1.807, 2.05) is 13.8 Å². The molecule has 2 aromatic rings. The molecule has 20 heavy (non-hydrogen) atoms. The summed E-state index contributed by atoms with van der Waals surface area (Å²) in [5, 5.41) is 0.122. The Morgan fingerprint density at radius 2 is 1.90 bits per heavy atom. The van der Waals surface area contributed by atoms with Gasteiger partial charge in [-0.1, -0.05) is 13.8 Å². The highest BCUT2D eigenvalue weighted by atomic mass is 32.2. The van der Waals surface area contributed by atoms with E-state index in [0.717, 1.165) is 0 Å². The second kappa shape index (κ2) is 5.22. The highest BCUT2D eigenvalue weighted by Crippen LogP contribution is 2.14. The fourth-order valence-electron chi connectivity index (χ4n) is 1.67. The van der Waals surface area contributed by atoms with Crippen molar-refractivity contribution in [1.82, 2.24) is 14.7 Å². The fourth-order valence-corrected chi connectivity index (χ4v) is 2.91. The summed E-state index contributed by atoms with van der Waals surface area (Å²) in [7, 11) is -3.67. The summed E-state index contributed by atoms with van der Waals surface area (Å²) in [6.07, 6.45) is 0. The van der Waals surface area contributed by atoms with Crippen LogP contribution in [0.15, 0.2) is 32.7 Å². The number of aromatic amines is 2. The Hall–Kier alpha value is -1.93. The predicted octanol–water partition coefficient (Wildman–Crippen LogP) is 0.151. The number of aromatic nitrogens is 2. The van der Waals surface area contributed by atoms with Crippen LogP contribution in [0.25, 0.3) is 10.9 Å². The molecule has 0 aliphatic rings. The number of hydrogen-bond donors (Lipinski definition) is 3. The normalized spacial score (nSPS) is 12.2. The molecular weight excluding hydrogens is 282 g/mol. The average Bonchev–Trinajstić information content (AvgIpc) is 2.36. The van der Waals surface area contributed by atoms with E-state index in [0.29, 0.717) is 12.1 Å². The van der Waals surface area contributed by atoms with Gasteiger partial charge in [0.15, 0.2) is 0 Å². The van der Waals surface area contributed by atoms with Gasteiger partial charge in [0.1, 0.15) is 0 Å². The number of rotatable bonds is 4.